The van der Waals surface area contributed by atoms with E-state index in [1.807, 2.05) is 57.2 Å². The van der Waals surface area contributed by atoms with E-state index >= 15 is 0 Å². The highest BCUT2D eigenvalue weighted by Crippen LogP contribution is 2.28. The summed E-state index contributed by atoms with van der Waals surface area (Å²) in [6, 6.07) is 26.8. The predicted octanol–water partition coefficient (Wildman–Crippen LogP) is 7.36. The number of sulfonamides is 1. The number of nitrogens with zero attached hydrogens (tertiary/aromatic N) is 2. The number of anilines is 1. The second-order valence-electron chi connectivity index (χ2n) is 11.2. The van der Waals surface area contributed by atoms with Crippen molar-refractivity contribution in [1.29, 1.82) is 0 Å². The van der Waals surface area contributed by atoms with Gasteiger partial charge in [-0.15, -0.1) is 0 Å². The Labute approximate surface area is 282 Å². The van der Waals surface area contributed by atoms with E-state index in [9.17, 15) is 18.0 Å². The van der Waals surface area contributed by atoms with Gasteiger partial charge >= 0.3 is 0 Å². The Morgan fingerprint density at radius 3 is 2.11 bits per heavy atom. The third-order valence-corrected chi connectivity index (χ3v) is 10.4. The minimum absolute atomic E-state index is 0.000566. The minimum Gasteiger partial charge on any atom is -0.354 e. The smallest absolute Gasteiger partial charge is 0.264 e. The van der Waals surface area contributed by atoms with Gasteiger partial charge in [0.25, 0.3) is 10.0 Å². The Bertz CT molecular complexity index is 1750. The molecule has 0 saturated carbocycles. The van der Waals surface area contributed by atoms with E-state index in [0.717, 1.165) is 33.8 Å². The lowest BCUT2D eigenvalue weighted by atomic mass is 10.0. The van der Waals surface area contributed by atoms with Crippen LogP contribution in [0.25, 0.3) is 0 Å². The summed E-state index contributed by atoms with van der Waals surface area (Å²) in [6.45, 7) is 5.77. The van der Waals surface area contributed by atoms with Crippen molar-refractivity contribution in [1.82, 2.24) is 10.2 Å². The number of amides is 2. The van der Waals surface area contributed by atoms with Gasteiger partial charge in [0.15, 0.2) is 0 Å². The first-order valence-electron chi connectivity index (χ1n) is 15.2. The van der Waals surface area contributed by atoms with Crippen molar-refractivity contribution in [3.05, 3.63) is 129 Å². The van der Waals surface area contributed by atoms with Gasteiger partial charge in [-0.2, -0.15) is 0 Å². The Kier molecular flexibility index (Phi) is 12.3. The lowest BCUT2D eigenvalue weighted by Gasteiger charge is -2.34. The molecule has 0 spiro atoms. The van der Waals surface area contributed by atoms with Gasteiger partial charge in [-0.1, -0.05) is 97.2 Å². The van der Waals surface area contributed by atoms with E-state index < -0.39 is 28.5 Å². The molecular weight excluding hydrogens is 641 g/mol. The van der Waals surface area contributed by atoms with E-state index in [-0.39, 0.29) is 23.8 Å². The van der Waals surface area contributed by atoms with Crippen molar-refractivity contribution < 1.29 is 18.0 Å². The molecule has 242 valence electrons. The zero-order chi connectivity index (χ0) is 33.3. The highest BCUT2D eigenvalue weighted by Gasteiger charge is 2.34. The van der Waals surface area contributed by atoms with Crippen LogP contribution in [0, 0.1) is 13.8 Å². The molecule has 4 aromatic rings. The summed E-state index contributed by atoms with van der Waals surface area (Å²) in [7, 11) is -4.17. The Balaban J connectivity index is 1.81. The second-order valence-corrected chi connectivity index (χ2v) is 13.9. The summed E-state index contributed by atoms with van der Waals surface area (Å²) in [4.78, 5) is 29.9. The average Bonchev–Trinajstić information content (AvgIpc) is 3.05. The molecule has 0 heterocycles. The molecule has 0 aliphatic rings. The number of aryl methyl sites for hydroxylation is 2. The normalized spacial score (nSPS) is 11.9. The Morgan fingerprint density at radius 2 is 1.48 bits per heavy atom. The van der Waals surface area contributed by atoms with E-state index in [2.05, 4.69) is 5.32 Å². The summed E-state index contributed by atoms with van der Waals surface area (Å²) in [6.07, 6.45) is 1.89. The molecule has 1 N–H and O–H groups in total. The predicted molar refractivity (Wildman–Crippen MR) is 186 cm³/mol. The third kappa shape index (κ3) is 8.90. The van der Waals surface area contributed by atoms with E-state index in [0.29, 0.717) is 27.8 Å². The van der Waals surface area contributed by atoms with Crippen LogP contribution in [0.1, 0.15) is 42.0 Å². The molecule has 4 rings (SSSR count). The molecule has 0 aromatic heterocycles. The largest absolute Gasteiger partial charge is 0.354 e. The van der Waals surface area contributed by atoms with Gasteiger partial charge in [0.2, 0.25) is 11.8 Å². The molecular formula is C36H39Cl2N3O4S. The molecule has 4 aromatic carbocycles. The summed E-state index contributed by atoms with van der Waals surface area (Å²) < 4.78 is 29.4. The lowest BCUT2D eigenvalue weighted by molar-refractivity contribution is -0.140. The number of rotatable bonds is 14. The van der Waals surface area contributed by atoms with Crippen molar-refractivity contribution >= 4 is 50.7 Å². The van der Waals surface area contributed by atoms with Crippen molar-refractivity contribution in [3.8, 4) is 0 Å². The topological polar surface area (TPSA) is 86.8 Å². The van der Waals surface area contributed by atoms with Gasteiger partial charge < -0.3 is 10.2 Å². The highest BCUT2D eigenvalue weighted by molar-refractivity contribution is 7.92. The molecule has 0 fully saturated rings. The Hall–Kier alpha value is -3.85. The van der Waals surface area contributed by atoms with E-state index in [1.165, 1.54) is 17.0 Å². The summed E-state index contributed by atoms with van der Waals surface area (Å²) in [5.74, 6) is -0.871. The van der Waals surface area contributed by atoms with Gasteiger partial charge in [-0.25, -0.2) is 8.42 Å². The van der Waals surface area contributed by atoms with E-state index in [4.69, 9.17) is 23.2 Å². The van der Waals surface area contributed by atoms with Gasteiger partial charge in [0.05, 0.1) is 20.6 Å². The van der Waals surface area contributed by atoms with Crippen LogP contribution in [-0.4, -0.2) is 44.3 Å². The first kappa shape index (κ1) is 35.0. The fraction of sp³-hybridized carbons (Fsp3) is 0.278. The number of benzene rings is 4. The molecule has 0 unspecified atom stereocenters. The third-order valence-electron chi connectivity index (χ3n) is 7.83. The summed E-state index contributed by atoms with van der Waals surface area (Å²) in [5.41, 5.74) is 3.71. The SMILES string of the molecule is CCCCNC(=O)[C@@H](Cc1ccccc1)N(Cc1ccc(Cl)c(Cl)c1)C(=O)CN(c1ccc(C)c(C)c1)S(=O)(=O)c1ccccc1. The zero-order valence-electron chi connectivity index (χ0n) is 26.2. The number of unbranched alkanes of at least 4 members (excludes halogenated alkanes) is 1. The summed E-state index contributed by atoms with van der Waals surface area (Å²) in [5, 5.41) is 3.65. The number of carbonyl (C=O) groups is 2. The maximum Gasteiger partial charge on any atom is 0.264 e. The van der Waals surface area contributed by atoms with Crippen LogP contribution >= 0.6 is 23.2 Å². The van der Waals surface area contributed by atoms with Gasteiger partial charge in [-0.05, 0) is 78.9 Å². The number of halogens is 2. The number of hydrogen-bond donors (Lipinski definition) is 1. The van der Waals surface area contributed by atoms with Crippen LogP contribution in [0.4, 0.5) is 5.69 Å². The molecule has 46 heavy (non-hydrogen) atoms. The quantitative estimate of drug-likeness (QED) is 0.141. The van der Waals surface area contributed by atoms with Crippen LogP contribution in [-0.2, 0) is 32.6 Å². The average molecular weight is 681 g/mol. The van der Waals surface area contributed by atoms with Crippen molar-refractivity contribution in [2.24, 2.45) is 0 Å². The lowest BCUT2D eigenvalue weighted by Crippen LogP contribution is -2.53. The van der Waals surface area contributed by atoms with Gasteiger partial charge in [0, 0.05) is 19.5 Å². The van der Waals surface area contributed by atoms with Gasteiger partial charge in [0.1, 0.15) is 12.6 Å². The Morgan fingerprint density at radius 1 is 0.804 bits per heavy atom. The second kappa shape index (κ2) is 16.1. The fourth-order valence-corrected chi connectivity index (χ4v) is 6.77. The van der Waals surface area contributed by atoms with Crippen molar-refractivity contribution in [2.75, 3.05) is 17.4 Å². The maximum absolute atomic E-state index is 14.6. The molecule has 0 aliphatic carbocycles. The zero-order valence-corrected chi connectivity index (χ0v) is 28.6. The molecule has 1 atom stereocenters. The first-order valence-corrected chi connectivity index (χ1v) is 17.4. The molecule has 0 aliphatic heterocycles. The molecule has 0 bridgehead atoms. The number of carbonyl (C=O) groups excluding carboxylic acids is 2. The number of hydrogen-bond acceptors (Lipinski definition) is 4. The maximum atomic E-state index is 14.6. The molecule has 2 amide bonds. The number of nitrogens with one attached hydrogen (secondary N) is 1. The molecule has 0 saturated heterocycles. The van der Waals surface area contributed by atoms with Crippen LogP contribution in [0.3, 0.4) is 0 Å². The van der Waals surface area contributed by atoms with Crippen molar-refractivity contribution in [3.63, 3.8) is 0 Å². The van der Waals surface area contributed by atoms with Crippen molar-refractivity contribution in [2.45, 2.75) is 57.5 Å². The standard InChI is InChI=1S/C36H39Cl2N3O4S/c1-4-5-20-39-36(43)34(23-28-12-8-6-9-13-28)40(24-29-17-19-32(37)33(38)22-29)35(42)25-41(30-18-16-26(2)27(3)21-30)46(44,45)31-14-10-7-11-15-31/h6-19,21-22,34H,4-5,20,23-25H2,1-3H3,(H,39,43)/t34-/m1/s1. The highest BCUT2D eigenvalue weighted by atomic mass is 35.5. The monoisotopic (exact) mass is 679 g/mol. The molecule has 7 nitrogen and oxygen atoms in total. The fourth-order valence-electron chi connectivity index (χ4n) is 5.02. The molecule has 10 heteroatoms. The van der Waals surface area contributed by atoms with Crippen LogP contribution in [0.5, 0.6) is 0 Å². The van der Waals surface area contributed by atoms with Crippen LogP contribution < -0.4 is 9.62 Å². The van der Waals surface area contributed by atoms with Gasteiger partial charge in [-0.3, -0.25) is 13.9 Å². The first-order chi connectivity index (χ1) is 22.0. The minimum atomic E-state index is -4.17. The van der Waals surface area contributed by atoms with Crippen LogP contribution in [0.15, 0.2) is 102 Å². The van der Waals surface area contributed by atoms with Crippen LogP contribution in [0.2, 0.25) is 10.0 Å². The summed E-state index contributed by atoms with van der Waals surface area (Å²) >= 11 is 12.5. The molecule has 0 radical (unpaired) electrons. The van der Waals surface area contributed by atoms with E-state index in [1.54, 1.807) is 48.5 Å².